The zero-order valence-electron chi connectivity index (χ0n) is 15.4. The van der Waals surface area contributed by atoms with Crippen LogP contribution in [0.3, 0.4) is 0 Å². The van der Waals surface area contributed by atoms with Gasteiger partial charge in [0.05, 0.1) is 5.52 Å². The summed E-state index contributed by atoms with van der Waals surface area (Å²) < 4.78 is 0. The van der Waals surface area contributed by atoms with Gasteiger partial charge < -0.3 is 15.6 Å². The van der Waals surface area contributed by atoms with Gasteiger partial charge in [0.2, 0.25) is 5.91 Å². The van der Waals surface area contributed by atoms with Crippen molar-refractivity contribution >= 4 is 22.5 Å². The standard InChI is InChI=1S/C20H31N3O/c1-5-6-7-8-9-15-10-11-17(16-12-13-22-18(15)16)23(4)19(14(2)3)20(21)24/h10-14,19,22H,5-9H2,1-4H3,(H2,21,24)/t19-/m0/s1. The number of fused-ring (bicyclic) bond motifs is 1. The van der Waals surface area contributed by atoms with Gasteiger partial charge in [0, 0.05) is 24.3 Å². The van der Waals surface area contributed by atoms with E-state index in [1.807, 2.05) is 32.0 Å². The molecule has 2 aromatic rings. The van der Waals surface area contributed by atoms with Gasteiger partial charge in [0.15, 0.2) is 0 Å². The molecule has 1 aromatic carbocycles. The molecule has 4 nitrogen and oxygen atoms in total. The number of likely N-dealkylation sites (N-methyl/N-ethyl adjacent to an activating group) is 1. The molecule has 0 bridgehead atoms. The third-order valence-electron chi connectivity index (χ3n) is 4.81. The first-order chi connectivity index (χ1) is 11.5. The lowest BCUT2D eigenvalue weighted by molar-refractivity contribution is -0.120. The van der Waals surface area contributed by atoms with Gasteiger partial charge in [-0.05, 0) is 36.5 Å². The number of nitrogens with one attached hydrogen (secondary N) is 1. The van der Waals surface area contributed by atoms with E-state index in [0.717, 1.165) is 17.5 Å². The quantitative estimate of drug-likeness (QED) is 0.676. The molecule has 1 amide bonds. The molecule has 24 heavy (non-hydrogen) atoms. The maximum Gasteiger partial charge on any atom is 0.240 e. The number of aryl methyl sites for hydroxylation is 1. The molecule has 0 saturated carbocycles. The van der Waals surface area contributed by atoms with Gasteiger partial charge in [0.25, 0.3) is 0 Å². The first kappa shape index (κ1) is 18.4. The number of unbranched alkanes of at least 4 members (excludes halogenated alkanes) is 3. The van der Waals surface area contributed by atoms with E-state index in [4.69, 9.17) is 5.73 Å². The molecule has 0 aliphatic carbocycles. The molecule has 3 N–H and O–H groups in total. The summed E-state index contributed by atoms with van der Waals surface area (Å²) >= 11 is 0. The molecule has 1 aromatic heterocycles. The van der Waals surface area contributed by atoms with Crippen LogP contribution in [-0.4, -0.2) is 24.0 Å². The summed E-state index contributed by atoms with van der Waals surface area (Å²) in [7, 11) is 1.96. The van der Waals surface area contributed by atoms with Crippen LogP contribution in [0.15, 0.2) is 24.4 Å². The van der Waals surface area contributed by atoms with Crippen molar-refractivity contribution in [2.45, 2.75) is 58.9 Å². The highest BCUT2D eigenvalue weighted by Gasteiger charge is 2.26. The van der Waals surface area contributed by atoms with Crippen LogP contribution >= 0.6 is 0 Å². The van der Waals surface area contributed by atoms with Crippen LogP contribution in [-0.2, 0) is 11.2 Å². The van der Waals surface area contributed by atoms with Gasteiger partial charge in [-0.1, -0.05) is 46.1 Å². The highest BCUT2D eigenvalue weighted by Crippen LogP contribution is 2.31. The maximum atomic E-state index is 11.9. The first-order valence-electron chi connectivity index (χ1n) is 9.08. The lowest BCUT2D eigenvalue weighted by atomic mass is 9.99. The summed E-state index contributed by atoms with van der Waals surface area (Å²) in [6.45, 7) is 6.29. The number of carbonyl (C=O) groups excluding carboxylic acids is 1. The summed E-state index contributed by atoms with van der Waals surface area (Å²) in [6, 6.07) is 6.10. The molecule has 0 radical (unpaired) electrons. The Bertz CT molecular complexity index is 675. The summed E-state index contributed by atoms with van der Waals surface area (Å²) in [5.74, 6) is -0.116. The molecule has 132 valence electrons. The molecule has 4 heteroatoms. The Labute approximate surface area is 145 Å². The number of anilines is 1. The van der Waals surface area contributed by atoms with Gasteiger partial charge in [-0.15, -0.1) is 0 Å². The largest absolute Gasteiger partial charge is 0.368 e. The van der Waals surface area contributed by atoms with Crippen LogP contribution in [0.1, 0.15) is 52.0 Å². The predicted molar refractivity (Wildman–Crippen MR) is 102 cm³/mol. The van der Waals surface area contributed by atoms with E-state index in [9.17, 15) is 4.79 Å². The van der Waals surface area contributed by atoms with Crippen LogP contribution in [0, 0.1) is 5.92 Å². The molecular weight excluding hydrogens is 298 g/mol. The lowest BCUT2D eigenvalue weighted by Gasteiger charge is -2.31. The van der Waals surface area contributed by atoms with Crippen molar-refractivity contribution < 1.29 is 4.79 Å². The monoisotopic (exact) mass is 329 g/mol. The smallest absolute Gasteiger partial charge is 0.240 e. The van der Waals surface area contributed by atoms with E-state index >= 15 is 0 Å². The van der Waals surface area contributed by atoms with E-state index in [2.05, 4.69) is 30.1 Å². The predicted octanol–water partition coefficient (Wildman–Crippen LogP) is 4.24. The van der Waals surface area contributed by atoms with E-state index < -0.39 is 0 Å². The molecule has 1 heterocycles. The fraction of sp³-hybridized carbons (Fsp3) is 0.550. The van der Waals surface area contributed by atoms with Crippen LogP contribution in [0.2, 0.25) is 0 Å². The summed E-state index contributed by atoms with van der Waals surface area (Å²) in [5, 5.41) is 1.16. The summed E-state index contributed by atoms with van der Waals surface area (Å²) in [4.78, 5) is 17.3. The Morgan fingerprint density at radius 2 is 1.96 bits per heavy atom. The fourth-order valence-corrected chi connectivity index (χ4v) is 3.58. The molecule has 0 unspecified atom stereocenters. The van der Waals surface area contributed by atoms with Crippen LogP contribution in [0.4, 0.5) is 5.69 Å². The molecule has 0 aliphatic heterocycles. The maximum absolute atomic E-state index is 11.9. The van der Waals surface area contributed by atoms with Crippen molar-refractivity contribution in [1.29, 1.82) is 0 Å². The van der Waals surface area contributed by atoms with E-state index in [1.165, 1.54) is 36.8 Å². The third kappa shape index (κ3) is 3.92. The number of amides is 1. The van der Waals surface area contributed by atoms with Crippen molar-refractivity contribution in [2.24, 2.45) is 11.7 Å². The van der Waals surface area contributed by atoms with Crippen LogP contribution < -0.4 is 10.6 Å². The second-order valence-corrected chi connectivity index (χ2v) is 7.02. The number of hydrogen-bond acceptors (Lipinski definition) is 2. The number of carbonyl (C=O) groups is 1. The highest BCUT2D eigenvalue weighted by atomic mass is 16.1. The first-order valence-corrected chi connectivity index (χ1v) is 9.08. The van der Waals surface area contributed by atoms with Crippen molar-refractivity contribution in [2.75, 3.05) is 11.9 Å². The van der Waals surface area contributed by atoms with Gasteiger partial charge in [0.1, 0.15) is 6.04 Å². The Morgan fingerprint density at radius 1 is 1.21 bits per heavy atom. The van der Waals surface area contributed by atoms with Gasteiger partial charge >= 0.3 is 0 Å². The Morgan fingerprint density at radius 3 is 2.58 bits per heavy atom. The second-order valence-electron chi connectivity index (χ2n) is 7.02. The number of primary amides is 1. The number of rotatable bonds is 9. The number of aromatic nitrogens is 1. The highest BCUT2D eigenvalue weighted by molar-refractivity contribution is 5.96. The average Bonchev–Trinajstić information content (AvgIpc) is 3.00. The van der Waals surface area contributed by atoms with Crippen molar-refractivity contribution in [3.8, 4) is 0 Å². The van der Waals surface area contributed by atoms with Crippen molar-refractivity contribution in [3.63, 3.8) is 0 Å². The molecule has 0 spiro atoms. The van der Waals surface area contributed by atoms with Gasteiger partial charge in [-0.25, -0.2) is 0 Å². The van der Waals surface area contributed by atoms with Crippen LogP contribution in [0.5, 0.6) is 0 Å². The topological polar surface area (TPSA) is 62.1 Å². The van der Waals surface area contributed by atoms with Crippen molar-refractivity contribution in [3.05, 3.63) is 30.0 Å². The molecule has 0 aliphatic rings. The third-order valence-corrected chi connectivity index (χ3v) is 4.81. The zero-order valence-corrected chi connectivity index (χ0v) is 15.4. The normalized spacial score (nSPS) is 12.7. The number of aromatic amines is 1. The van der Waals surface area contributed by atoms with E-state index in [-0.39, 0.29) is 17.9 Å². The SMILES string of the molecule is CCCCCCc1ccc(N(C)[C@H](C(N)=O)C(C)C)c2cc[nH]c12. The Kier molecular flexibility index (Phi) is 6.29. The lowest BCUT2D eigenvalue weighted by Crippen LogP contribution is -2.46. The molecular formula is C20H31N3O. The summed E-state index contributed by atoms with van der Waals surface area (Å²) in [5.41, 5.74) is 9.22. The Balaban J connectivity index is 2.30. The molecule has 0 saturated heterocycles. The van der Waals surface area contributed by atoms with Crippen LogP contribution in [0.25, 0.3) is 10.9 Å². The van der Waals surface area contributed by atoms with Crippen molar-refractivity contribution in [1.82, 2.24) is 4.98 Å². The van der Waals surface area contributed by atoms with Gasteiger partial charge in [-0.2, -0.15) is 0 Å². The van der Waals surface area contributed by atoms with E-state index in [0.29, 0.717) is 0 Å². The second kappa shape index (κ2) is 8.22. The van der Waals surface area contributed by atoms with Gasteiger partial charge in [-0.3, -0.25) is 4.79 Å². The minimum absolute atomic E-state index is 0.162. The minimum Gasteiger partial charge on any atom is -0.368 e. The molecule has 2 rings (SSSR count). The minimum atomic E-state index is -0.307. The fourth-order valence-electron chi connectivity index (χ4n) is 3.58. The zero-order chi connectivity index (χ0) is 17.7. The van der Waals surface area contributed by atoms with E-state index in [1.54, 1.807) is 0 Å². The molecule has 1 atom stereocenters. The Hall–Kier alpha value is -1.97. The number of nitrogens with two attached hydrogens (primary N) is 1. The number of benzene rings is 1. The summed E-state index contributed by atoms with van der Waals surface area (Å²) in [6.07, 6.45) is 8.11. The number of hydrogen-bond donors (Lipinski definition) is 2. The number of nitrogens with zero attached hydrogens (tertiary/aromatic N) is 1. The molecule has 0 fully saturated rings. The average molecular weight is 329 g/mol. The number of H-pyrrole nitrogens is 1.